The molecule has 1 N–H and O–H groups in total. The van der Waals surface area contributed by atoms with Crippen LogP contribution in [0.4, 0.5) is 0 Å². The van der Waals surface area contributed by atoms with Gasteiger partial charge in [-0.1, -0.05) is 47.4 Å². The number of nitrogens with zero attached hydrogens (tertiary/aromatic N) is 1. The van der Waals surface area contributed by atoms with Gasteiger partial charge in [-0.3, -0.25) is 0 Å². The Bertz CT molecular complexity index is 430. The summed E-state index contributed by atoms with van der Waals surface area (Å²) in [5, 5.41) is 10.9. The molecule has 106 valence electrons. The summed E-state index contributed by atoms with van der Waals surface area (Å²) >= 11 is 9.54. The zero-order chi connectivity index (χ0) is 14.0. The lowest BCUT2D eigenvalue weighted by Gasteiger charge is -2.19. The normalized spacial score (nSPS) is 25.7. The number of aliphatic hydroxyl groups excluding tert-OH is 1. The molecule has 0 radical (unpaired) electrons. The molecule has 4 heteroatoms. The third-order valence-corrected chi connectivity index (χ3v) is 4.92. The van der Waals surface area contributed by atoms with Crippen molar-refractivity contribution in [1.82, 2.24) is 4.90 Å². The van der Waals surface area contributed by atoms with Gasteiger partial charge in [0.2, 0.25) is 0 Å². The van der Waals surface area contributed by atoms with Crippen molar-refractivity contribution >= 4 is 27.5 Å². The van der Waals surface area contributed by atoms with Gasteiger partial charge in [-0.2, -0.15) is 0 Å². The minimum atomic E-state index is -0.480. The monoisotopic (exact) mass is 345 g/mol. The number of rotatable bonds is 4. The molecule has 0 aromatic heterocycles. The van der Waals surface area contributed by atoms with Gasteiger partial charge in [-0.25, -0.2) is 0 Å². The van der Waals surface area contributed by atoms with Gasteiger partial charge in [-0.15, -0.1) is 0 Å². The molecule has 1 aromatic rings. The van der Waals surface area contributed by atoms with Gasteiger partial charge >= 0.3 is 0 Å². The van der Waals surface area contributed by atoms with Crippen LogP contribution in [0.2, 0.25) is 5.02 Å². The van der Waals surface area contributed by atoms with Gasteiger partial charge in [0.1, 0.15) is 0 Å². The van der Waals surface area contributed by atoms with E-state index in [2.05, 4.69) is 34.7 Å². The van der Waals surface area contributed by atoms with Crippen LogP contribution in [0.3, 0.4) is 0 Å². The topological polar surface area (TPSA) is 23.5 Å². The molecule has 1 fully saturated rings. The maximum Gasteiger partial charge on any atom is 0.0816 e. The lowest BCUT2D eigenvalue weighted by atomic mass is 10.0. The van der Waals surface area contributed by atoms with Crippen LogP contribution >= 0.6 is 27.5 Å². The molecule has 0 spiro atoms. The number of likely N-dealkylation sites (tertiary alicyclic amines) is 1. The van der Waals surface area contributed by atoms with E-state index in [1.807, 2.05) is 18.2 Å². The summed E-state index contributed by atoms with van der Waals surface area (Å²) in [6.45, 7) is 7.81. The highest BCUT2D eigenvalue weighted by molar-refractivity contribution is 9.10. The second-order valence-corrected chi connectivity index (χ2v) is 7.01. The first-order chi connectivity index (χ1) is 8.97. The molecule has 0 amide bonds. The van der Waals surface area contributed by atoms with E-state index in [1.165, 1.54) is 0 Å². The molecule has 3 unspecified atom stereocenters. The molecule has 2 rings (SSSR count). The van der Waals surface area contributed by atoms with Crippen molar-refractivity contribution in [2.75, 3.05) is 19.6 Å². The van der Waals surface area contributed by atoms with Crippen molar-refractivity contribution in [2.24, 2.45) is 11.8 Å². The van der Waals surface area contributed by atoms with Crippen LogP contribution in [0, 0.1) is 11.8 Å². The first-order valence-electron chi connectivity index (χ1n) is 6.82. The Morgan fingerprint density at radius 1 is 1.37 bits per heavy atom. The Morgan fingerprint density at radius 2 is 2.00 bits per heavy atom. The van der Waals surface area contributed by atoms with Gasteiger partial charge in [0.15, 0.2) is 0 Å². The molecule has 2 nitrogen and oxygen atoms in total. The van der Waals surface area contributed by atoms with Crippen LogP contribution in [-0.2, 0) is 0 Å². The van der Waals surface area contributed by atoms with E-state index in [4.69, 9.17) is 11.6 Å². The zero-order valence-corrected chi connectivity index (χ0v) is 13.8. The first kappa shape index (κ1) is 15.3. The summed E-state index contributed by atoms with van der Waals surface area (Å²) in [5.41, 5.74) is 0.824. The molecule has 0 bridgehead atoms. The molecular formula is C15H21BrClNO. The molecule has 1 aromatic carbocycles. The lowest BCUT2D eigenvalue weighted by Crippen LogP contribution is -2.23. The number of benzene rings is 1. The Balaban J connectivity index is 1.89. The molecule has 3 atom stereocenters. The Kier molecular flexibility index (Phi) is 5.29. The molecule has 0 aliphatic carbocycles. The highest BCUT2D eigenvalue weighted by atomic mass is 79.9. The van der Waals surface area contributed by atoms with Gasteiger partial charge in [0, 0.05) is 29.1 Å². The third-order valence-electron chi connectivity index (χ3n) is 4.10. The average molecular weight is 347 g/mol. The Morgan fingerprint density at radius 3 is 2.58 bits per heavy atom. The summed E-state index contributed by atoms with van der Waals surface area (Å²) in [6.07, 6.45) is 0.257. The Labute approximate surface area is 128 Å². The summed E-state index contributed by atoms with van der Waals surface area (Å²) < 4.78 is 0.940. The predicted octanol–water partition coefficient (Wildman–Crippen LogP) is 4.11. The van der Waals surface area contributed by atoms with Crippen LogP contribution in [0.15, 0.2) is 22.7 Å². The van der Waals surface area contributed by atoms with E-state index >= 15 is 0 Å². The smallest absolute Gasteiger partial charge is 0.0816 e. The Hall–Kier alpha value is -0.0900. The van der Waals surface area contributed by atoms with Gasteiger partial charge < -0.3 is 10.0 Å². The lowest BCUT2D eigenvalue weighted by molar-refractivity contribution is 0.147. The number of hydrogen-bond donors (Lipinski definition) is 1. The SMILES string of the molecule is CC1CN(CCC(O)c2ccc(Br)cc2Cl)CC1C. The van der Waals surface area contributed by atoms with Crippen molar-refractivity contribution in [3.05, 3.63) is 33.3 Å². The van der Waals surface area contributed by atoms with E-state index in [9.17, 15) is 5.11 Å². The highest BCUT2D eigenvalue weighted by Crippen LogP contribution is 2.29. The van der Waals surface area contributed by atoms with Crippen LogP contribution < -0.4 is 0 Å². The number of hydrogen-bond acceptors (Lipinski definition) is 2. The molecule has 1 heterocycles. The van der Waals surface area contributed by atoms with Gasteiger partial charge in [0.05, 0.1) is 6.10 Å². The fourth-order valence-electron chi connectivity index (χ4n) is 2.66. The van der Waals surface area contributed by atoms with Crippen molar-refractivity contribution in [2.45, 2.75) is 26.4 Å². The largest absolute Gasteiger partial charge is 0.388 e. The molecule has 1 aliphatic heterocycles. The highest BCUT2D eigenvalue weighted by Gasteiger charge is 2.26. The van der Waals surface area contributed by atoms with Crippen LogP contribution in [-0.4, -0.2) is 29.6 Å². The minimum Gasteiger partial charge on any atom is -0.388 e. The summed E-state index contributed by atoms with van der Waals surface area (Å²) in [4.78, 5) is 2.44. The molecule has 0 saturated carbocycles. The van der Waals surface area contributed by atoms with Crippen molar-refractivity contribution in [3.63, 3.8) is 0 Å². The van der Waals surface area contributed by atoms with E-state index in [0.717, 1.165) is 47.9 Å². The predicted molar refractivity (Wildman–Crippen MR) is 83.5 cm³/mol. The van der Waals surface area contributed by atoms with E-state index in [0.29, 0.717) is 5.02 Å². The molecular weight excluding hydrogens is 326 g/mol. The second-order valence-electron chi connectivity index (χ2n) is 5.68. The van der Waals surface area contributed by atoms with E-state index in [-0.39, 0.29) is 0 Å². The maximum atomic E-state index is 10.3. The third kappa shape index (κ3) is 3.94. The second kappa shape index (κ2) is 6.57. The zero-order valence-electron chi connectivity index (χ0n) is 11.4. The standard InChI is InChI=1S/C15H21BrClNO/c1-10-8-18(9-11(10)2)6-5-15(19)13-4-3-12(16)7-14(13)17/h3-4,7,10-11,15,19H,5-6,8-9H2,1-2H3. The quantitative estimate of drug-likeness (QED) is 0.886. The van der Waals surface area contributed by atoms with Crippen LogP contribution in [0.5, 0.6) is 0 Å². The van der Waals surface area contributed by atoms with Crippen molar-refractivity contribution in [3.8, 4) is 0 Å². The van der Waals surface area contributed by atoms with Crippen molar-refractivity contribution in [1.29, 1.82) is 0 Å². The first-order valence-corrected chi connectivity index (χ1v) is 8.00. The number of aliphatic hydroxyl groups is 1. The van der Waals surface area contributed by atoms with Crippen molar-refractivity contribution < 1.29 is 5.11 Å². The van der Waals surface area contributed by atoms with Gasteiger partial charge in [0.25, 0.3) is 0 Å². The summed E-state index contributed by atoms with van der Waals surface area (Å²) in [5.74, 6) is 1.52. The van der Waals surface area contributed by atoms with Crippen LogP contribution in [0.25, 0.3) is 0 Å². The minimum absolute atomic E-state index is 0.480. The fraction of sp³-hybridized carbons (Fsp3) is 0.600. The summed E-state index contributed by atoms with van der Waals surface area (Å²) in [7, 11) is 0. The average Bonchev–Trinajstić information content (AvgIpc) is 2.66. The van der Waals surface area contributed by atoms with Gasteiger partial charge in [-0.05, 0) is 36.0 Å². The molecule has 1 aliphatic rings. The molecule has 1 saturated heterocycles. The summed E-state index contributed by atoms with van der Waals surface area (Å²) in [6, 6.07) is 5.65. The maximum absolute atomic E-state index is 10.3. The molecule has 19 heavy (non-hydrogen) atoms. The van der Waals surface area contributed by atoms with Crippen LogP contribution in [0.1, 0.15) is 31.9 Å². The fourth-order valence-corrected chi connectivity index (χ4v) is 3.46. The number of halogens is 2. The van der Waals surface area contributed by atoms with E-state index < -0.39 is 6.10 Å². The van der Waals surface area contributed by atoms with E-state index in [1.54, 1.807) is 0 Å².